The molecule has 0 aliphatic rings. The highest BCUT2D eigenvalue weighted by Crippen LogP contribution is 2.23. The van der Waals surface area contributed by atoms with Crippen molar-refractivity contribution in [3.05, 3.63) is 0 Å². The van der Waals surface area contributed by atoms with E-state index in [9.17, 15) is 9.59 Å². The van der Waals surface area contributed by atoms with E-state index < -0.39 is 5.97 Å². The number of unbranched alkanes of at least 4 members (excludes halogenated alkanes) is 16. The van der Waals surface area contributed by atoms with Gasteiger partial charge in [-0.2, -0.15) is 0 Å². The highest BCUT2D eigenvalue weighted by molar-refractivity contribution is 5.69. The van der Waals surface area contributed by atoms with E-state index in [0.29, 0.717) is 12.8 Å². The first-order chi connectivity index (χ1) is 21.5. The summed E-state index contributed by atoms with van der Waals surface area (Å²) < 4.78 is 6.01. The molecule has 0 spiro atoms. The Morgan fingerprint density at radius 1 is 0.523 bits per heavy atom. The lowest BCUT2D eigenvalue weighted by molar-refractivity contribution is -0.150. The molecule has 6 nitrogen and oxygen atoms in total. The van der Waals surface area contributed by atoms with Crippen LogP contribution >= 0.6 is 0 Å². The third-order valence-electron chi connectivity index (χ3n) is 9.38. The number of nitrogens with two attached hydrogens (primary N) is 1. The molecule has 0 aromatic heterocycles. The largest absolute Gasteiger partial charge is 0.481 e. The average molecular weight is 626 g/mol. The van der Waals surface area contributed by atoms with E-state index in [1.54, 1.807) is 0 Å². The van der Waals surface area contributed by atoms with Crippen LogP contribution in [-0.2, 0) is 19.2 Å². The van der Waals surface area contributed by atoms with Gasteiger partial charge in [-0.15, -0.1) is 0 Å². The molecule has 6 heteroatoms. The number of carboxylic acid groups (broad SMARTS) is 1. The molecule has 0 aliphatic heterocycles. The Hall–Kier alpha value is -1.14. The van der Waals surface area contributed by atoms with Gasteiger partial charge in [-0.05, 0) is 57.3 Å². The fraction of sp³-hybridized carbons (Fsp3) is 0.947. The minimum atomic E-state index is -0.686. The predicted molar refractivity (Wildman–Crippen MR) is 186 cm³/mol. The summed E-state index contributed by atoms with van der Waals surface area (Å²) in [5.74, 6) is 5.62. The fourth-order valence-electron chi connectivity index (χ4n) is 6.33. The summed E-state index contributed by atoms with van der Waals surface area (Å²) in [7, 11) is 0. The smallest absolute Gasteiger partial charge is 0.306 e. The van der Waals surface area contributed by atoms with Crippen LogP contribution in [0.1, 0.15) is 213 Å². The van der Waals surface area contributed by atoms with E-state index in [1.165, 1.54) is 109 Å². The Labute approximate surface area is 273 Å². The molecule has 3 N–H and O–H groups in total. The van der Waals surface area contributed by atoms with E-state index in [0.717, 1.165) is 76.5 Å². The van der Waals surface area contributed by atoms with Gasteiger partial charge in [0.15, 0.2) is 0 Å². The summed E-state index contributed by atoms with van der Waals surface area (Å²) in [5.41, 5.74) is 0. The molecule has 0 saturated carbocycles. The zero-order valence-electron chi connectivity index (χ0n) is 29.6. The molecule has 3 unspecified atom stereocenters. The van der Waals surface area contributed by atoms with Gasteiger partial charge in [0.2, 0.25) is 0 Å². The average Bonchev–Trinajstić information content (AvgIpc) is 3.01. The van der Waals surface area contributed by atoms with E-state index >= 15 is 0 Å². The van der Waals surface area contributed by atoms with Crippen molar-refractivity contribution < 1.29 is 24.3 Å². The van der Waals surface area contributed by atoms with Gasteiger partial charge in [0.25, 0.3) is 0 Å². The molecule has 0 aromatic carbocycles. The second kappa shape index (κ2) is 33.2. The summed E-state index contributed by atoms with van der Waals surface area (Å²) >= 11 is 0. The van der Waals surface area contributed by atoms with Gasteiger partial charge in [-0.1, -0.05) is 149 Å². The summed E-state index contributed by atoms with van der Waals surface area (Å²) in [6.07, 6.45) is 33.7. The lowest BCUT2D eigenvalue weighted by Crippen LogP contribution is -2.18. The van der Waals surface area contributed by atoms with Crippen LogP contribution < -0.4 is 5.90 Å². The summed E-state index contributed by atoms with van der Waals surface area (Å²) in [4.78, 5) is 28.5. The van der Waals surface area contributed by atoms with Crippen molar-refractivity contribution in [1.82, 2.24) is 0 Å². The first-order valence-electron chi connectivity index (χ1n) is 19.2. The summed E-state index contributed by atoms with van der Waals surface area (Å²) in [5, 5.41) is 8.72. The number of hydrogen-bond acceptors (Lipinski definition) is 5. The summed E-state index contributed by atoms with van der Waals surface area (Å²) in [6.45, 7) is 6.78. The van der Waals surface area contributed by atoms with E-state index in [1.807, 2.05) is 0 Å². The third-order valence-corrected chi connectivity index (χ3v) is 9.38. The van der Waals surface area contributed by atoms with Crippen LogP contribution in [0.2, 0.25) is 0 Å². The number of carboxylic acids is 1. The number of hydrogen-bond donors (Lipinski definition) is 2. The van der Waals surface area contributed by atoms with Crippen LogP contribution in [0, 0.1) is 5.92 Å². The molecule has 0 amide bonds. The number of aliphatic carboxylic acids is 1. The Balaban J connectivity index is 4.10. The highest BCUT2D eigenvalue weighted by Gasteiger charge is 2.15. The zero-order valence-corrected chi connectivity index (χ0v) is 29.6. The normalized spacial score (nSPS) is 13.5. The quantitative estimate of drug-likeness (QED) is 0.0413. The van der Waals surface area contributed by atoms with Gasteiger partial charge < -0.3 is 14.7 Å². The maximum atomic E-state index is 12.7. The van der Waals surface area contributed by atoms with Crippen molar-refractivity contribution in [2.24, 2.45) is 11.8 Å². The Kier molecular flexibility index (Phi) is 32.4. The standard InChI is InChI=1S/C38H75NO5/c1-4-7-9-19-28-35(29-21-15-13-11-12-14-16-23-32-37(40)41)43-38(42)33-25-24-27-34(6-3)26-18-17-22-31-36(44-39)30-20-10-8-5-2/h34-36H,4-33,39H2,1-3H3,(H,40,41). The summed E-state index contributed by atoms with van der Waals surface area (Å²) in [6, 6.07) is 0. The topological polar surface area (TPSA) is 98.9 Å². The number of carbonyl (C=O) groups is 2. The van der Waals surface area contributed by atoms with Crippen molar-refractivity contribution in [1.29, 1.82) is 0 Å². The second-order valence-corrected chi connectivity index (χ2v) is 13.5. The van der Waals surface area contributed by atoms with E-state index in [-0.39, 0.29) is 18.2 Å². The van der Waals surface area contributed by atoms with Crippen LogP contribution in [0.5, 0.6) is 0 Å². The molecule has 0 rings (SSSR count). The molecule has 44 heavy (non-hydrogen) atoms. The van der Waals surface area contributed by atoms with Gasteiger partial charge >= 0.3 is 11.9 Å². The third kappa shape index (κ3) is 29.6. The molecule has 0 aromatic rings. The molecule has 0 bridgehead atoms. The first-order valence-corrected chi connectivity index (χ1v) is 19.2. The highest BCUT2D eigenvalue weighted by atomic mass is 16.6. The molecule has 262 valence electrons. The van der Waals surface area contributed by atoms with E-state index in [4.69, 9.17) is 20.6 Å². The first kappa shape index (κ1) is 42.9. The van der Waals surface area contributed by atoms with Gasteiger partial charge in [0.05, 0.1) is 6.10 Å². The number of carbonyl (C=O) groups excluding carboxylic acids is 1. The van der Waals surface area contributed by atoms with Crippen LogP contribution in [0.4, 0.5) is 0 Å². The second-order valence-electron chi connectivity index (χ2n) is 13.5. The molecule has 0 aliphatic carbocycles. The SMILES string of the molecule is CCCCCCC(CCCCCC(CC)CCCCC(=O)OC(CCCCCC)CCCCCCCCCCC(=O)O)ON. The van der Waals surface area contributed by atoms with Crippen LogP contribution in [0.15, 0.2) is 0 Å². The monoisotopic (exact) mass is 626 g/mol. The van der Waals surface area contributed by atoms with Crippen molar-refractivity contribution in [3.8, 4) is 0 Å². The van der Waals surface area contributed by atoms with Crippen molar-refractivity contribution in [3.63, 3.8) is 0 Å². The van der Waals surface area contributed by atoms with Gasteiger partial charge in [0, 0.05) is 12.8 Å². The van der Waals surface area contributed by atoms with Crippen LogP contribution in [-0.4, -0.2) is 29.3 Å². The molecular weight excluding hydrogens is 550 g/mol. The molecule has 3 atom stereocenters. The molecule has 0 fully saturated rings. The Morgan fingerprint density at radius 3 is 1.39 bits per heavy atom. The van der Waals surface area contributed by atoms with Crippen LogP contribution in [0.25, 0.3) is 0 Å². The lowest BCUT2D eigenvalue weighted by atomic mass is 9.92. The van der Waals surface area contributed by atoms with Crippen molar-refractivity contribution >= 4 is 11.9 Å². The minimum Gasteiger partial charge on any atom is -0.481 e. The number of rotatable bonds is 35. The zero-order chi connectivity index (χ0) is 32.5. The van der Waals surface area contributed by atoms with Crippen molar-refractivity contribution in [2.75, 3.05) is 0 Å². The molecular formula is C38H75NO5. The number of ether oxygens (including phenoxy) is 1. The molecule has 0 radical (unpaired) electrons. The van der Waals surface area contributed by atoms with E-state index in [2.05, 4.69) is 20.8 Å². The molecule has 0 heterocycles. The Bertz CT molecular complexity index is 628. The lowest BCUT2D eigenvalue weighted by Gasteiger charge is -2.19. The van der Waals surface area contributed by atoms with Gasteiger partial charge in [0.1, 0.15) is 6.10 Å². The Morgan fingerprint density at radius 2 is 0.909 bits per heavy atom. The van der Waals surface area contributed by atoms with Gasteiger partial charge in [-0.25, -0.2) is 5.90 Å². The number of esters is 1. The predicted octanol–water partition coefficient (Wildman–Crippen LogP) is 11.6. The van der Waals surface area contributed by atoms with Crippen LogP contribution in [0.3, 0.4) is 0 Å². The van der Waals surface area contributed by atoms with Gasteiger partial charge in [-0.3, -0.25) is 9.59 Å². The maximum Gasteiger partial charge on any atom is 0.306 e. The fourth-order valence-corrected chi connectivity index (χ4v) is 6.33. The maximum absolute atomic E-state index is 12.7. The van der Waals surface area contributed by atoms with Crippen molar-refractivity contribution in [2.45, 2.75) is 226 Å². The molecule has 0 saturated heterocycles. The minimum absolute atomic E-state index is 0.00581.